The van der Waals surface area contributed by atoms with E-state index in [1.54, 1.807) is 7.11 Å². The van der Waals surface area contributed by atoms with Gasteiger partial charge in [0, 0.05) is 38.2 Å². The number of benzene rings is 2. The summed E-state index contributed by atoms with van der Waals surface area (Å²) in [6, 6.07) is 15.3. The quantitative estimate of drug-likeness (QED) is 0.309. The molecule has 9 heteroatoms. The van der Waals surface area contributed by atoms with Gasteiger partial charge in [-0.2, -0.15) is 4.98 Å². The number of nitrogens with zero attached hydrogens (tertiary/aromatic N) is 4. The van der Waals surface area contributed by atoms with Gasteiger partial charge in [0.1, 0.15) is 5.75 Å². The van der Waals surface area contributed by atoms with E-state index < -0.39 is 0 Å². The monoisotopic (exact) mass is 463 g/mol. The third-order valence-electron chi connectivity index (χ3n) is 5.39. The molecule has 34 heavy (non-hydrogen) atoms. The molecular weight excluding hydrogens is 434 g/mol. The predicted molar refractivity (Wildman–Crippen MR) is 129 cm³/mol. The third kappa shape index (κ3) is 5.79. The van der Waals surface area contributed by atoms with Crippen molar-refractivity contribution >= 4 is 22.9 Å². The van der Waals surface area contributed by atoms with Crippen LogP contribution in [0.1, 0.15) is 32.1 Å². The van der Waals surface area contributed by atoms with E-state index in [4.69, 9.17) is 14.0 Å². The van der Waals surface area contributed by atoms with E-state index in [2.05, 4.69) is 20.4 Å². The van der Waals surface area contributed by atoms with Gasteiger partial charge in [-0.25, -0.2) is 4.98 Å². The lowest BCUT2D eigenvalue weighted by Gasteiger charge is -2.10. The van der Waals surface area contributed by atoms with Crippen molar-refractivity contribution in [3.05, 3.63) is 54.4 Å². The van der Waals surface area contributed by atoms with Crippen LogP contribution in [0.5, 0.6) is 5.75 Å². The summed E-state index contributed by atoms with van der Waals surface area (Å²) >= 11 is 0. The number of methoxy groups -OCH3 is 1. The maximum atomic E-state index is 12.6. The lowest BCUT2D eigenvalue weighted by Crippen LogP contribution is -2.16. The number of carbonyl (C=O) groups excluding carboxylic acids is 1. The summed E-state index contributed by atoms with van der Waals surface area (Å²) < 4.78 is 18.0. The number of ether oxygens (including phenoxy) is 2. The highest BCUT2D eigenvalue weighted by Gasteiger charge is 2.14. The van der Waals surface area contributed by atoms with Crippen LogP contribution in [0, 0.1) is 0 Å². The number of aryl methyl sites for hydroxylation is 2. The standard InChI is InChI=1S/C25H29N5O4/c1-3-33-17-7-16-30-21-9-5-4-8-20(21)26-25(30)27-22(31)10-6-11-23-28-24(29-34-23)18-12-14-19(32-2)15-13-18/h4-5,8-9,12-15H,3,6-7,10-11,16-17H2,1-2H3,(H,26,27,31). The largest absolute Gasteiger partial charge is 0.497 e. The summed E-state index contributed by atoms with van der Waals surface area (Å²) in [7, 11) is 1.62. The Kier molecular flexibility index (Phi) is 7.87. The number of rotatable bonds is 12. The van der Waals surface area contributed by atoms with Crippen LogP contribution in [-0.4, -0.2) is 45.9 Å². The van der Waals surface area contributed by atoms with Crippen molar-refractivity contribution < 1.29 is 18.8 Å². The van der Waals surface area contributed by atoms with Crippen LogP contribution in [0.15, 0.2) is 53.1 Å². The molecule has 0 aliphatic rings. The van der Waals surface area contributed by atoms with E-state index in [-0.39, 0.29) is 5.91 Å². The lowest BCUT2D eigenvalue weighted by molar-refractivity contribution is -0.116. The van der Waals surface area contributed by atoms with Crippen molar-refractivity contribution in [2.45, 2.75) is 39.2 Å². The number of anilines is 1. The molecule has 0 saturated heterocycles. The molecule has 2 aromatic heterocycles. The first-order valence-electron chi connectivity index (χ1n) is 11.5. The summed E-state index contributed by atoms with van der Waals surface area (Å²) in [5.41, 5.74) is 2.69. The second-order valence-corrected chi connectivity index (χ2v) is 7.77. The molecule has 4 aromatic rings. The smallest absolute Gasteiger partial charge is 0.226 e. The Morgan fingerprint density at radius 3 is 2.71 bits per heavy atom. The Labute approximate surface area is 198 Å². The Hall–Kier alpha value is -3.72. The van der Waals surface area contributed by atoms with Gasteiger partial charge in [0.25, 0.3) is 0 Å². The first-order chi connectivity index (χ1) is 16.7. The van der Waals surface area contributed by atoms with Crippen molar-refractivity contribution in [2.24, 2.45) is 0 Å². The maximum Gasteiger partial charge on any atom is 0.226 e. The van der Waals surface area contributed by atoms with Gasteiger partial charge in [0.05, 0.1) is 18.1 Å². The number of hydrogen-bond donors (Lipinski definition) is 1. The molecule has 4 rings (SSSR count). The molecule has 0 radical (unpaired) electrons. The molecular formula is C25H29N5O4. The van der Waals surface area contributed by atoms with Gasteiger partial charge in [-0.3, -0.25) is 10.1 Å². The fraction of sp³-hybridized carbons (Fsp3) is 0.360. The molecule has 0 bridgehead atoms. The topological polar surface area (TPSA) is 104 Å². The molecule has 0 saturated carbocycles. The maximum absolute atomic E-state index is 12.6. The summed E-state index contributed by atoms with van der Waals surface area (Å²) in [4.78, 5) is 21.7. The van der Waals surface area contributed by atoms with E-state index in [0.717, 1.165) is 28.8 Å². The molecule has 1 N–H and O–H groups in total. The SMILES string of the molecule is CCOCCCn1c(NC(=O)CCCc2nc(-c3ccc(OC)cc3)no2)nc2ccccc21. The fourth-order valence-electron chi connectivity index (χ4n) is 3.67. The molecule has 2 heterocycles. The fourth-order valence-corrected chi connectivity index (χ4v) is 3.67. The minimum atomic E-state index is -0.101. The average Bonchev–Trinajstić information content (AvgIpc) is 3.46. The van der Waals surface area contributed by atoms with Gasteiger partial charge in [0.2, 0.25) is 23.6 Å². The van der Waals surface area contributed by atoms with Crippen molar-refractivity contribution in [1.29, 1.82) is 0 Å². The van der Waals surface area contributed by atoms with Crippen LogP contribution in [0.3, 0.4) is 0 Å². The zero-order valence-electron chi connectivity index (χ0n) is 19.5. The summed E-state index contributed by atoms with van der Waals surface area (Å²) in [5, 5.41) is 7.00. The van der Waals surface area contributed by atoms with Crippen molar-refractivity contribution in [3.63, 3.8) is 0 Å². The van der Waals surface area contributed by atoms with Crippen LogP contribution in [-0.2, 0) is 22.5 Å². The van der Waals surface area contributed by atoms with Crippen molar-refractivity contribution in [3.8, 4) is 17.1 Å². The molecule has 0 spiro atoms. The Morgan fingerprint density at radius 2 is 1.91 bits per heavy atom. The first kappa shape index (κ1) is 23.4. The zero-order chi connectivity index (χ0) is 23.8. The molecule has 0 fully saturated rings. The molecule has 0 aliphatic heterocycles. The van der Waals surface area contributed by atoms with Crippen LogP contribution in [0.25, 0.3) is 22.4 Å². The van der Waals surface area contributed by atoms with Gasteiger partial charge >= 0.3 is 0 Å². The summed E-state index contributed by atoms with van der Waals surface area (Å²) in [6.07, 6.45) is 2.26. The number of hydrogen-bond acceptors (Lipinski definition) is 7. The van der Waals surface area contributed by atoms with E-state index >= 15 is 0 Å². The van der Waals surface area contributed by atoms with Gasteiger partial charge in [0.15, 0.2) is 0 Å². The third-order valence-corrected chi connectivity index (χ3v) is 5.39. The van der Waals surface area contributed by atoms with Gasteiger partial charge < -0.3 is 18.6 Å². The Bertz CT molecular complexity index is 1220. The van der Waals surface area contributed by atoms with Crippen LogP contribution < -0.4 is 10.1 Å². The second kappa shape index (κ2) is 11.4. The average molecular weight is 464 g/mol. The van der Waals surface area contributed by atoms with E-state index in [9.17, 15) is 4.79 Å². The number of imidazole rings is 1. The molecule has 9 nitrogen and oxygen atoms in total. The van der Waals surface area contributed by atoms with Crippen LogP contribution >= 0.6 is 0 Å². The van der Waals surface area contributed by atoms with Crippen LogP contribution in [0.2, 0.25) is 0 Å². The number of carbonyl (C=O) groups is 1. The van der Waals surface area contributed by atoms with E-state index in [1.165, 1.54) is 0 Å². The number of amides is 1. The number of fused-ring (bicyclic) bond motifs is 1. The van der Waals surface area contributed by atoms with Crippen molar-refractivity contribution in [1.82, 2.24) is 19.7 Å². The van der Waals surface area contributed by atoms with Gasteiger partial charge in [-0.1, -0.05) is 17.3 Å². The molecule has 178 valence electrons. The lowest BCUT2D eigenvalue weighted by atomic mass is 10.2. The Morgan fingerprint density at radius 1 is 1.09 bits per heavy atom. The van der Waals surface area contributed by atoms with Crippen LogP contribution in [0.4, 0.5) is 5.95 Å². The highest BCUT2D eigenvalue weighted by atomic mass is 16.5. The second-order valence-electron chi connectivity index (χ2n) is 7.77. The van der Waals surface area contributed by atoms with Crippen molar-refractivity contribution in [2.75, 3.05) is 25.6 Å². The Balaban J connectivity index is 1.32. The molecule has 2 aromatic carbocycles. The molecule has 0 atom stereocenters. The highest BCUT2D eigenvalue weighted by Crippen LogP contribution is 2.22. The zero-order valence-corrected chi connectivity index (χ0v) is 19.5. The highest BCUT2D eigenvalue weighted by molar-refractivity contribution is 5.91. The van der Waals surface area contributed by atoms with E-state index in [0.29, 0.717) is 56.7 Å². The van der Waals surface area contributed by atoms with Gasteiger partial charge in [-0.15, -0.1) is 0 Å². The number of nitrogens with one attached hydrogen (secondary N) is 1. The normalized spacial score (nSPS) is 11.1. The summed E-state index contributed by atoms with van der Waals surface area (Å²) in [6.45, 7) is 4.05. The van der Waals surface area contributed by atoms with Gasteiger partial charge in [-0.05, 0) is 56.2 Å². The molecule has 0 aliphatic carbocycles. The van der Waals surface area contributed by atoms with E-state index in [1.807, 2.05) is 60.0 Å². The minimum absolute atomic E-state index is 0.101. The number of para-hydroxylation sites is 2. The number of aromatic nitrogens is 4. The molecule has 1 amide bonds. The molecule has 0 unspecified atom stereocenters. The summed E-state index contributed by atoms with van der Waals surface area (Å²) in [5.74, 6) is 2.24. The minimum Gasteiger partial charge on any atom is -0.497 e. The predicted octanol–water partition coefficient (Wildman–Crippen LogP) is 4.48. The first-order valence-corrected chi connectivity index (χ1v) is 11.5.